The molecular weight excluding hydrogens is 500 g/mol. The van der Waals surface area contributed by atoms with Crippen molar-refractivity contribution in [3.05, 3.63) is 35.4 Å². The van der Waals surface area contributed by atoms with E-state index in [-0.39, 0.29) is 55.1 Å². The first-order valence-corrected chi connectivity index (χ1v) is 14.2. The maximum Gasteiger partial charge on any atom is 0.327 e. The molecular formula is C29H40N4O6. The van der Waals surface area contributed by atoms with E-state index in [0.29, 0.717) is 18.4 Å². The van der Waals surface area contributed by atoms with E-state index < -0.39 is 18.0 Å². The summed E-state index contributed by atoms with van der Waals surface area (Å²) >= 11 is 0. The Bertz CT molecular complexity index is 1070. The van der Waals surface area contributed by atoms with Crippen molar-refractivity contribution < 1.29 is 28.7 Å². The molecule has 0 spiro atoms. The molecule has 1 aromatic carbocycles. The minimum Gasteiger partial charge on any atom is -0.379 e. The fourth-order valence-electron chi connectivity index (χ4n) is 6.26. The van der Waals surface area contributed by atoms with Gasteiger partial charge in [-0.15, -0.1) is 0 Å². The van der Waals surface area contributed by atoms with Gasteiger partial charge >= 0.3 is 6.03 Å². The average molecular weight is 541 g/mol. The first-order chi connectivity index (χ1) is 18.9. The topological polar surface area (TPSA) is 117 Å². The van der Waals surface area contributed by atoms with E-state index in [9.17, 15) is 19.2 Å². The smallest absolute Gasteiger partial charge is 0.327 e. The summed E-state index contributed by atoms with van der Waals surface area (Å²) < 4.78 is 11.3. The number of hydrogen-bond donors (Lipinski definition) is 2. The molecule has 4 aliphatic rings. The van der Waals surface area contributed by atoms with Gasteiger partial charge in [-0.1, -0.05) is 31.4 Å². The van der Waals surface area contributed by atoms with E-state index in [1.165, 1.54) is 11.3 Å². The van der Waals surface area contributed by atoms with Crippen LogP contribution >= 0.6 is 0 Å². The zero-order valence-electron chi connectivity index (χ0n) is 22.9. The zero-order chi connectivity index (χ0) is 27.5. The zero-order valence-corrected chi connectivity index (χ0v) is 22.9. The largest absolute Gasteiger partial charge is 0.379 e. The number of methoxy groups -OCH3 is 2. The number of ether oxygens (including phenoxy) is 2. The molecule has 10 nitrogen and oxygen atoms in total. The number of carbonyl (C=O) groups is 4. The molecule has 4 atom stereocenters. The van der Waals surface area contributed by atoms with Gasteiger partial charge in [-0.3, -0.25) is 19.3 Å². The van der Waals surface area contributed by atoms with Crippen LogP contribution in [0.15, 0.2) is 24.3 Å². The number of rotatable bonds is 9. The second-order valence-corrected chi connectivity index (χ2v) is 11.4. The summed E-state index contributed by atoms with van der Waals surface area (Å²) in [6.07, 6.45) is 7.56. The lowest BCUT2D eigenvalue weighted by Gasteiger charge is -2.49. The molecule has 10 heteroatoms. The number of urea groups is 1. The van der Waals surface area contributed by atoms with Crippen LogP contribution in [-0.2, 0) is 25.6 Å². The highest BCUT2D eigenvalue weighted by Crippen LogP contribution is 2.37. The number of amides is 5. The minimum absolute atomic E-state index is 0.0670. The van der Waals surface area contributed by atoms with Crippen LogP contribution in [0.3, 0.4) is 0 Å². The van der Waals surface area contributed by atoms with Gasteiger partial charge in [0.1, 0.15) is 6.54 Å². The molecule has 0 radical (unpaired) electrons. The van der Waals surface area contributed by atoms with Gasteiger partial charge in [0.25, 0.3) is 5.91 Å². The Balaban J connectivity index is 1.33. The molecule has 212 valence electrons. The second kappa shape index (κ2) is 12.0. The molecule has 4 unspecified atom stereocenters. The van der Waals surface area contributed by atoms with E-state index in [1.807, 2.05) is 0 Å². The number of nitrogens with zero attached hydrogens (tertiary/aromatic N) is 2. The van der Waals surface area contributed by atoms with Crippen LogP contribution < -0.4 is 10.6 Å². The lowest BCUT2D eigenvalue weighted by atomic mass is 9.78. The van der Waals surface area contributed by atoms with Crippen LogP contribution in [0.25, 0.3) is 0 Å². The van der Waals surface area contributed by atoms with Crippen LogP contribution in [0.4, 0.5) is 4.79 Å². The summed E-state index contributed by atoms with van der Waals surface area (Å²) in [5.74, 6) is -1.07. The van der Waals surface area contributed by atoms with Crippen molar-refractivity contribution in [1.29, 1.82) is 0 Å². The maximum absolute atomic E-state index is 13.8. The third kappa shape index (κ3) is 6.27. The molecule has 5 amide bonds. The van der Waals surface area contributed by atoms with Crippen molar-refractivity contribution in [2.75, 3.05) is 20.8 Å². The fraction of sp³-hybridized carbons (Fsp3) is 0.655. The summed E-state index contributed by atoms with van der Waals surface area (Å²) in [5.41, 5.74) is 1.28. The predicted molar refractivity (Wildman–Crippen MR) is 143 cm³/mol. The standard InChI is InChI=1S/C29H40N4O6/c1-38-24-14-22-23(15-25(24)39-2)32(17-26(34)30-20-6-4-3-5-7-20)29(37)33(28(22)36)16-18-8-10-19(11-9-18)27(35)31-21-12-13-21/h8-11,20-25H,3-7,12-17H2,1-2H3,(H,30,34)(H,31,35). The highest BCUT2D eigenvalue weighted by Gasteiger charge is 2.52. The molecule has 4 fully saturated rings. The van der Waals surface area contributed by atoms with Crippen molar-refractivity contribution in [2.24, 2.45) is 5.92 Å². The van der Waals surface area contributed by atoms with Gasteiger partial charge in [-0.2, -0.15) is 0 Å². The normalized spacial score (nSPS) is 27.7. The molecule has 0 aromatic heterocycles. The summed E-state index contributed by atoms with van der Waals surface area (Å²) in [6.45, 7) is -0.0356. The minimum atomic E-state index is -0.495. The highest BCUT2D eigenvalue weighted by molar-refractivity contribution is 6.00. The molecule has 3 aliphatic carbocycles. The summed E-state index contributed by atoms with van der Waals surface area (Å²) in [5, 5.41) is 6.07. The van der Waals surface area contributed by atoms with Crippen LogP contribution in [0.2, 0.25) is 0 Å². The lowest BCUT2D eigenvalue weighted by Crippen LogP contribution is -2.66. The first kappa shape index (κ1) is 27.6. The number of hydrogen-bond acceptors (Lipinski definition) is 6. The summed E-state index contributed by atoms with van der Waals surface area (Å²) in [4.78, 5) is 55.7. The SMILES string of the molecule is COC1CC2C(=O)N(Cc3ccc(C(=O)NC4CC4)cc3)C(=O)N(CC(=O)NC3CCCCC3)C2CC1OC. The molecule has 0 bridgehead atoms. The Hall–Kier alpha value is -2.98. The lowest BCUT2D eigenvalue weighted by molar-refractivity contribution is -0.153. The Morgan fingerprint density at radius 2 is 1.51 bits per heavy atom. The number of carbonyl (C=O) groups excluding carboxylic acids is 4. The van der Waals surface area contributed by atoms with Gasteiger partial charge in [0.15, 0.2) is 0 Å². The van der Waals surface area contributed by atoms with E-state index in [2.05, 4.69) is 10.6 Å². The van der Waals surface area contributed by atoms with Crippen LogP contribution in [0.1, 0.15) is 73.7 Å². The van der Waals surface area contributed by atoms with Gasteiger partial charge in [-0.05, 0) is 56.2 Å². The Kier molecular flexibility index (Phi) is 8.52. The first-order valence-electron chi connectivity index (χ1n) is 14.2. The monoisotopic (exact) mass is 540 g/mol. The van der Waals surface area contributed by atoms with Crippen molar-refractivity contribution in [2.45, 2.75) is 94.7 Å². The molecule has 1 heterocycles. The third-order valence-corrected chi connectivity index (χ3v) is 8.66. The van der Waals surface area contributed by atoms with Crippen LogP contribution in [-0.4, -0.2) is 84.7 Å². The van der Waals surface area contributed by atoms with Crippen LogP contribution in [0, 0.1) is 5.92 Å². The van der Waals surface area contributed by atoms with Gasteiger partial charge in [0.2, 0.25) is 11.8 Å². The van der Waals surface area contributed by atoms with Gasteiger partial charge in [0.05, 0.1) is 24.7 Å². The fourth-order valence-corrected chi connectivity index (χ4v) is 6.26. The van der Waals surface area contributed by atoms with Crippen molar-refractivity contribution in [3.8, 4) is 0 Å². The second-order valence-electron chi connectivity index (χ2n) is 11.4. The predicted octanol–water partition coefficient (Wildman–Crippen LogP) is 2.60. The van der Waals surface area contributed by atoms with Crippen LogP contribution in [0.5, 0.6) is 0 Å². The number of nitrogens with one attached hydrogen (secondary N) is 2. The Morgan fingerprint density at radius 3 is 2.15 bits per heavy atom. The van der Waals surface area contributed by atoms with Crippen molar-refractivity contribution in [1.82, 2.24) is 20.4 Å². The third-order valence-electron chi connectivity index (χ3n) is 8.66. The molecule has 1 aromatic rings. The molecule has 3 saturated carbocycles. The van der Waals surface area contributed by atoms with E-state index in [1.54, 1.807) is 43.4 Å². The van der Waals surface area contributed by atoms with Gasteiger partial charge < -0.3 is 25.0 Å². The van der Waals surface area contributed by atoms with Gasteiger partial charge in [-0.25, -0.2) is 4.79 Å². The van der Waals surface area contributed by atoms with E-state index in [4.69, 9.17) is 9.47 Å². The molecule has 2 N–H and O–H groups in total. The van der Waals surface area contributed by atoms with E-state index >= 15 is 0 Å². The Morgan fingerprint density at radius 1 is 0.872 bits per heavy atom. The average Bonchev–Trinajstić information content (AvgIpc) is 3.77. The number of imide groups is 1. The van der Waals surface area contributed by atoms with Crippen molar-refractivity contribution >= 4 is 23.8 Å². The molecule has 1 aliphatic heterocycles. The molecule has 39 heavy (non-hydrogen) atoms. The summed E-state index contributed by atoms with van der Waals surface area (Å²) in [6, 6.07) is 6.46. The molecule has 1 saturated heterocycles. The quantitative estimate of drug-likeness (QED) is 0.497. The highest BCUT2D eigenvalue weighted by atomic mass is 16.5. The molecule has 5 rings (SSSR count). The number of fused-ring (bicyclic) bond motifs is 1. The van der Waals surface area contributed by atoms with Gasteiger partial charge in [0, 0.05) is 37.9 Å². The number of benzene rings is 1. The van der Waals surface area contributed by atoms with E-state index in [0.717, 1.165) is 44.1 Å². The Labute approximate surface area is 229 Å². The van der Waals surface area contributed by atoms with Crippen molar-refractivity contribution in [3.63, 3.8) is 0 Å². The maximum atomic E-state index is 13.8. The summed E-state index contributed by atoms with van der Waals surface area (Å²) in [7, 11) is 3.20.